The molecule has 4 rings (SSSR count). The summed E-state index contributed by atoms with van der Waals surface area (Å²) in [5.41, 5.74) is 6.02. The first-order chi connectivity index (χ1) is 21.4. The number of rotatable bonds is 11. The number of hydrogen-bond donors (Lipinski definition) is 2. The van der Waals surface area contributed by atoms with Gasteiger partial charge in [-0.15, -0.1) is 5.10 Å². The van der Waals surface area contributed by atoms with Crippen molar-refractivity contribution >= 4 is 23.3 Å². The highest BCUT2D eigenvalue weighted by Crippen LogP contribution is 2.35. The molecule has 2 heterocycles. The molecule has 0 unspecified atom stereocenters. The number of anilines is 1. The van der Waals surface area contributed by atoms with E-state index in [2.05, 4.69) is 20.9 Å². The van der Waals surface area contributed by atoms with Crippen LogP contribution >= 0.6 is 11.6 Å². The first-order valence-corrected chi connectivity index (χ1v) is 14.4. The molecule has 1 amide bonds. The first-order valence-electron chi connectivity index (χ1n) is 14.1. The van der Waals surface area contributed by atoms with Gasteiger partial charge >= 0.3 is 6.18 Å². The van der Waals surface area contributed by atoms with Crippen molar-refractivity contribution in [3.05, 3.63) is 98.6 Å². The Morgan fingerprint density at radius 3 is 2.31 bits per heavy atom. The highest BCUT2D eigenvalue weighted by atomic mass is 35.5. The number of hydrazine groups is 1. The average Bonchev–Trinajstić information content (AvgIpc) is 3.01. The molecule has 0 aliphatic rings. The van der Waals surface area contributed by atoms with Crippen molar-refractivity contribution in [2.24, 2.45) is 0 Å². The van der Waals surface area contributed by atoms with Gasteiger partial charge in [0.25, 0.3) is 11.5 Å². The number of amides is 1. The molecule has 2 aromatic carbocycles. The second-order valence-corrected chi connectivity index (χ2v) is 10.6. The predicted molar refractivity (Wildman–Crippen MR) is 164 cm³/mol. The largest absolute Gasteiger partial charge is 0.433 e. The molecule has 0 saturated heterocycles. The zero-order chi connectivity index (χ0) is 32.7. The monoisotopic (exact) mass is 638 g/mol. The molecular formula is C32H30ClF3N6O3. The van der Waals surface area contributed by atoms with Crippen molar-refractivity contribution in [3.8, 4) is 28.3 Å². The molecule has 0 spiro atoms. The van der Waals surface area contributed by atoms with E-state index in [0.29, 0.717) is 39.4 Å². The first kappa shape index (κ1) is 33.2. The van der Waals surface area contributed by atoms with Crippen LogP contribution in [-0.4, -0.2) is 33.4 Å². The van der Waals surface area contributed by atoms with Gasteiger partial charge in [0.05, 0.1) is 23.7 Å². The Balaban J connectivity index is 1.88. The number of nitrogens with zero attached hydrogens (tertiary/aromatic N) is 4. The lowest BCUT2D eigenvalue weighted by Crippen LogP contribution is -2.39. The number of ether oxygens (including phenoxy) is 1. The molecule has 0 saturated carbocycles. The predicted octanol–water partition coefficient (Wildman–Crippen LogP) is 6.52. The smallest absolute Gasteiger partial charge is 0.369 e. The molecule has 0 aliphatic heterocycles. The fraction of sp³-hybridized carbons (Fsp3) is 0.281. The molecular weight excluding hydrogens is 609 g/mol. The molecule has 0 bridgehead atoms. The van der Waals surface area contributed by atoms with Crippen molar-refractivity contribution in [3.63, 3.8) is 0 Å². The van der Waals surface area contributed by atoms with Gasteiger partial charge < -0.3 is 4.74 Å². The molecule has 2 aromatic heterocycles. The van der Waals surface area contributed by atoms with Crippen LogP contribution in [0.1, 0.15) is 49.2 Å². The third kappa shape index (κ3) is 8.06. The van der Waals surface area contributed by atoms with E-state index in [9.17, 15) is 28.0 Å². The molecule has 13 heteroatoms. The number of benzene rings is 2. The Hall–Kier alpha value is -4.73. The summed E-state index contributed by atoms with van der Waals surface area (Å²) in [6.07, 6.45) is -3.75. The van der Waals surface area contributed by atoms with Gasteiger partial charge in [-0.1, -0.05) is 55.3 Å². The van der Waals surface area contributed by atoms with E-state index in [1.165, 1.54) is 13.0 Å². The lowest BCUT2D eigenvalue weighted by atomic mass is 9.95. The number of unbranched alkanes of at least 4 members (excludes halogenated alkanes) is 1. The van der Waals surface area contributed by atoms with Crippen molar-refractivity contribution in [2.45, 2.75) is 52.4 Å². The van der Waals surface area contributed by atoms with Crippen LogP contribution < -0.4 is 16.4 Å². The second-order valence-electron chi connectivity index (χ2n) is 10.2. The molecule has 45 heavy (non-hydrogen) atoms. The number of nitrogens with one attached hydrogen (secondary N) is 2. The number of pyridine rings is 1. The van der Waals surface area contributed by atoms with Crippen LogP contribution in [-0.2, 0) is 22.3 Å². The number of halogens is 4. The lowest BCUT2D eigenvalue weighted by molar-refractivity contribution is -0.141. The fourth-order valence-corrected chi connectivity index (χ4v) is 4.55. The number of carbonyl (C=O) groups is 1. The highest BCUT2D eigenvalue weighted by molar-refractivity contribution is 6.30. The SMILES string of the molecule is CCCCO[C@H](C)C(=O)NNc1nn(Cc2ccc(C(F)(F)F)nc2C)c(=O)c(-c2ccc(C#N)cc2)c1-c1ccc(Cl)cc1. The van der Waals surface area contributed by atoms with Crippen LogP contribution in [0.2, 0.25) is 5.02 Å². The highest BCUT2D eigenvalue weighted by Gasteiger charge is 2.32. The zero-order valence-electron chi connectivity index (χ0n) is 24.7. The van der Waals surface area contributed by atoms with Crippen LogP contribution in [0.4, 0.5) is 19.0 Å². The number of aryl methyl sites for hydroxylation is 1. The number of carbonyl (C=O) groups excluding carboxylic acids is 1. The van der Waals surface area contributed by atoms with E-state index in [0.717, 1.165) is 23.6 Å². The molecule has 234 valence electrons. The van der Waals surface area contributed by atoms with Gasteiger partial charge in [-0.25, -0.2) is 9.67 Å². The molecule has 1 atom stereocenters. The van der Waals surface area contributed by atoms with E-state index >= 15 is 0 Å². The molecule has 0 radical (unpaired) electrons. The Bertz CT molecular complexity index is 1770. The normalized spacial score (nSPS) is 12.0. The summed E-state index contributed by atoms with van der Waals surface area (Å²) in [7, 11) is 0. The third-order valence-corrected chi connectivity index (χ3v) is 7.19. The standard InChI is InChI=1S/C32H30ClF3N6O3/c1-4-5-16-45-20(3)30(43)40-39-29-27(22-10-13-25(33)14-11-22)28(23-8-6-21(17-37)7-9-23)31(44)42(41-29)18-24-12-15-26(32(34,35)36)38-19(24)2/h6-15,20H,4-5,16,18H2,1-3H3,(H,39,41)(H,40,43)/t20-/m1/s1. The van der Waals surface area contributed by atoms with Crippen LogP contribution in [0.5, 0.6) is 0 Å². The third-order valence-electron chi connectivity index (χ3n) is 6.94. The van der Waals surface area contributed by atoms with E-state index in [1.54, 1.807) is 55.5 Å². The van der Waals surface area contributed by atoms with Gasteiger partial charge in [0.1, 0.15) is 11.8 Å². The summed E-state index contributed by atoms with van der Waals surface area (Å²) in [5.74, 6) is -0.418. The van der Waals surface area contributed by atoms with Gasteiger partial charge in [0.15, 0.2) is 5.82 Å². The van der Waals surface area contributed by atoms with Gasteiger partial charge in [0.2, 0.25) is 0 Å². The van der Waals surface area contributed by atoms with Crippen LogP contribution in [0, 0.1) is 18.3 Å². The Kier molecular flexibility index (Phi) is 10.6. The van der Waals surface area contributed by atoms with Gasteiger partial charge in [-0.2, -0.15) is 18.4 Å². The summed E-state index contributed by atoms with van der Waals surface area (Å²) >= 11 is 6.14. The quantitative estimate of drug-likeness (QED) is 0.142. The van der Waals surface area contributed by atoms with E-state index < -0.39 is 29.4 Å². The molecule has 0 aliphatic carbocycles. The van der Waals surface area contributed by atoms with Gasteiger partial charge in [-0.3, -0.25) is 20.4 Å². The maximum Gasteiger partial charge on any atom is 0.433 e. The molecule has 2 N–H and O–H groups in total. The number of aromatic nitrogens is 3. The summed E-state index contributed by atoms with van der Waals surface area (Å²) in [4.78, 5) is 30.7. The minimum absolute atomic E-state index is 0.0705. The van der Waals surface area contributed by atoms with Crippen LogP contribution in [0.3, 0.4) is 0 Å². The van der Waals surface area contributed by atoms with Crippen molar-refractivity contribution in [1.82, 2.24) is 20.2 Å². The van der Waals surface area contributed by atoms with Crippen LogP contribution in [0.15, 0.2) is 65.5 Å². The van der Waals surface area contributed by atoms with Crippen LogP contribution in [0.25, 0.3) is 22.3 Å². The van der Waals surface area contributed by atoms with Crippen molar-refractivity contribution < 1.29 is 22.7 Å². The van der Waals surface area contributed by atoms with E-state index in [-0.39, 0.29) is 23.6 Å². The maximum atomic E-state index is 14.1. The average molecular weight is 639 g/mol. The summed E-state index contributed by atoms with van der Waals surface area (Å²) in [5, 5.41) is 14.3. The fourth-order valence-electron chi connectivity index (χ4n) is 4.42. The number of alkyl halides is 3. The number of hydrogen-bond acceptors (Lipinski definition) is 7. The van der Waals surface area contributed by atoms with Gasteiger partial charge in [-0.05, 0) is 67.3 Å². The number of nitriles is 1. The van der Waals surface area contributed by atoms with E-state index in [1.807, 2.05) is 13.0 Å². The molecule has 9 nitrogen and oxygen atoms in total. The summed E-state index contributed by atoms with van der Waals surface area (Å²) < 4.78 is 46.4. The zero-order valence-corrected chi connectivity index (χ0v) is 25.5. The minimum Gasteiger partial charge on any atom is -0.369 e. The van der Waals surface area contributed by atoms with Gasteiger partial charge in [0, 0.05) is 22.9 Å². The second kappa shape index (κ2) is 14.4. The lowest BCUT2D eigenvalue weighted by Gasteiger charge is -2.20. The van der Waals surface area contributed by atoms with Crippen molar-refractivity contribution in [2.75, 3.05) is 12.0 Å². The summed E-state index contributed by atoms with van der Waals surface area (Å²) in [6.45, 7) is 5.19. The maximum absolute atomic E-state index is 14.1. The molecule has 0 fully saturated rings. The Morgan fingerprint density at radius 1 is 1.07 bits per heavy atom. The topological polar surface area (TPSA) is 122 Å². The molecule has 4 aromatic rings. The Morgan fingerprint density at radius 2 is 1.71 bits per heavy atom. The summed E-state index contributed by atoms with van der Waals surface area (Å²) in [6, 6.07) is 17.1. The Labute approximate surface area is 262 Å². The van der Waals surface area contributed by atoms with Crippen molar-refractivity contribution in [1.29, 1.82) is 5.26 Å². The minimum atomic E-state index is -4.63. The van der Waals surface area contributed by atoms with E-state index in [4.69, 9.17) is 16.3 Å².